The normalized spacial score (nSPS) is 17.0. The zero-order chi connectivity index (χ0) is 14.7. The lowest BCUT2D eigenvalue weighted by molar-refractivity contribution is -0.134. The Morgan fingerprint density at radius 2 is 1.90 bits per heavy atom. The number of nitrogens with zero attached hydrogens (tertiary/aromatic N) is 1. The van der Waals surface area contributed by atoms with E-state index in [2.05, 4.69) is 30.6 Å². The second kappa shape index (κ2) is 6.08. The fourth-order valence-corrected chi connectivity index (χ4v) is 2.96. The van der Waals surface area contributed by atoms with Gasteiger partial charge in [0.1, 0.15) is 6.04 Å². The van der Waals surface area contributed by atoms with Crippen LogP contribution in [-0.4, -0.2) is 29.7 Å². The Bertz CT molecular complexity index is 665. The number of fused-ring (bicyclic) bond motifs is 1. The van der Waals surface area contributed by atoms with Gasteiger partial charge in [-0.15, -0.1) is 0 Å². The van der Waals surface area contributed by atoms with Crippen LogP contribution in [-0.2, 0) is 16.0 Å². The first-order valence-corrected chi connectivity index (χ1v) is 7.43. The molecule has 3 rings (SSSR count). The first-order valence-electron chi connectivity index (χ1n) is 7.43. The Morgan fingerprint density at radius 1 is 1.10 bits per heavy atom. The third-order valence-electron chi connectivity index (χ3n) is 4.12. The van der Waals surface area contributed by atoms with Crippen molar-refractivity contribution in [1.29, 1.82) is 0 Å². The minimum absolute atomic E-state index is 0.0791. The van der Waals surface area contributed by atoms with Crippen molar-refractivity contribution in [2.24, 2.45) is 0 Å². The van der Waals surface area contributed by atoms with Crippen LogP contribution in [0.2, 0.25) is 0 Å². The van der Waals surface area contributed by atoms with E-state index in [0.29, 0.717) is 19.4 Å². The molecular formula is C18H18NO2. The maximum absolute atomic E-state index is 11.9. The summed E-state index contributed by atoms with van der Waals surface area (Å²) in [4.78, 5) is 24.9. The van der Waals surface area contributed by atoms with Gasteiger partial charge in [0.15, 0.2) is 0 Å². The van der Waals surface area contributed by atoms with E-state index in [9.17, 15) is 9.59 Å². The number of carbonyl (C=O) groups is 1. The molecule has 0 unspecified atom stereocenters. The molecule has 21 heavy (non-hydrogen) atoms. The molecule has 2 aromatic rings. The molecule has 1 amide bonds. The van der Waals surface area contributed by atoms with E-state index in [4.69, 9.17) is 0 Å². The molecule has 1 saturated heterocycles. The summed E-state index contributed by atoms with van der Waals surface area (Å²) >= 11 is 0. The van der Waals surface area contributed by atoms with Gasteiger partial charge in [0.25, 0.3) is 0 Å². The maximum atomic E-state index is 11.9. The molecule has 1 heterocycles. The molecule has 3 heteroatoms. The van der Waals surface area contributed by atoms with Crippen molar-refractivity contribution in [2.75, 3.05) is 6.54 Å². The van der Waals surface area contributed by atoms with E-state index < -0.39 is 6.04 Å². The minimum Gasteiger partial charge on any atom is -0.332 e. The summed E-state index contributed by atoms with van der Waals surface area (Å²) in [6.45, 7) is 0.673. The van der Waals surface area contributed by atoms with Gasteiger partial charge in [-0.1, -0.05) is 42.5 Å². The quantitative estimate of drug-likeness (QED) is 0.863. The number of hydrogen-bond donors (Lipinski definition) is 0. The van der Waals surface area contributed by atoms with Crippen molar-refractivity contribution in [3.8, 4) is 0 Å². The highest BCUT2D eigenvalue weighted by molar-refractivity contribution is 5.83. The summed E-state index contributed by atoms with van der Waals surface area (Å²) < 4.78 is 0. The Labute approximate surface area is 124 Å². The van der Waals surface area contributed by atoms with Crippen molar-refractivity contribution in [2.45, 2.75) is 31.7 Å². The third kappa shape index (κ3) is 2.97. The Hall–Kier alpha value is -2.16. The van der Waals surface area contributed by atoms with Gasteiger partial charge in [-0.3, -0.25) is 9.59 Å². The molecule has 0 aromatic heterocycles. The average Bonchev–Trinajstić information content (AvgIpc) is 2.53. The summed E-state index contributed by atoms with van der Waals surface area (Å²) in [5, 5.41) is 2.34. The summed E-state index contributed by atoms with van der Waals surface area (Å²) in [6.07, 6.45) is 5.05. The second-order valence-corrected chi connectivity index (χ2v) is 5.56. The van der Waals surface area contributed by atoms with Crippen LogP contribution in [0.3, 0.4) is 0 Å². The zero-order valence-corrected chi connectivity index (χ0v) is 11.9. The summed E-state index contributed by atoms with van der Waals surface area (Å²) in [5.74, 6) is 0.0791. The lowest BCUT2D eigenvalue weighted by atomic mass is 9.99. The lowest BCUT2D eigenvalue weighted by Crippen LogP contribution is -2.45. The summed E-state index contributed by atoms with van der Waals surface area (Å²) in [5.41, 5.74) is 1.07. The van der Waals surface area contributed by atoms with Gasteiger partial charge in [-0.25, -0.2) is 0 Å². The van der Waals surface area contributed by atoms with E-state index in [1.165, 1.54) is 5.39 Å². The number of hydrogen-bond acceptors (Lipinski definition) is 2. The molecule has 0 spiro atoms. The molecule has 3 nitrogen and oxygen atoms in total. The largest absolute Gasteiger partial charge is 0.332 e. The van der Waals surface area contributed by atoms with Crippen molar-refractivity contribution < 1.29 is 9.59 Å². The lowest BCUT2D eigenvalue weighted by Gasteiger charge is -2.31. The molecular weight excluding hydrogens is 262 g/mol. The molecule has 1 aliphatic heterocycles. The van der Waals surface area contributed by atoms with Gasteiger partial charge in [-0.05, 0) is 29.2 Å². The molecule has 0 aliphatic carbocycles. The third-order valence-corrected chi connectivity index (χ3v) is 4.12. The van der Waals surface area contributed by atoms with E-state index in [1.54, 1.807) is 4.90 Å². The first kappa shape index (κ1) is 13.8. The van der Waals surface area contributed by atoms with E-state index in [0.717, 1.165) is 23.8 Å². The Morgan fingerprint density at radius 3 is 2.67 bits per heavy atom. The number of amides is 1. The fourth-order valence-electron chi connectivity index (χ4n) is 2.96. The fraction of sp³-hybridized carbons (Fsp3) is 0.333. The minimum atomic E-state index is -0.459. The SMILES string of the molecule is O=[C][C@@H](Cc1ccc2ccccc2c1)N1CCCCC1=O. The molecule has 1 radical (unpaired) electrons. The second-order valence-electron chi connectivity index (χ2n) is 5.56. The van der Waals surface area contributed by atoms with E-state index >= 15 is 0 Å². The van der Waals surface area contributed by atoms with Crippen LogP contribution in [0.1, 0.15) is 24.8 Å². The van der Waals surface area contributed by atoms with Crippen LogP contribution < -0.4 is 0 Å². The average molecular weight is 280 g/mol. The smallest absolute Gasteiger partial charge is 0.223 e. The van der Waals surface area contributed by atoms with Gasteiger partial charge >= 0.3 is 0 Å². The zero-order valence-electron chi connectivity index (χ0n) is 11.9. The number of likely N-dealkylation sites (tertiary alicyclic amines) is 1. The highest BCUT2D eigenvalue weighted by atomic mass is 16.2. The molecule has 0 saturated carbocycles. The van der Waals surface area contributed by atoms with Crippen molar-refractivity contribution in [1.82, 2.24) is 4.90 Å². The highest BCUT2D eigenvalue weighted by Gasteiger charge is 2.26. The molecule has 1 fully saturated rings. The van der Waals surface area contributed by atoms with Crippen molar-refractivity contribution in [3.05, 3.63) is 48.0 Å². The molecule has 1 aliphatic rings. The summed E-state index contributed by atoms with van der Waals surface area (Å²) in [6, 6.07) is 13.9. The van der Waals surface area contributed by atoms with Crippen LogP contribution in [0.5, 0.6) is 0 Å². The van der Waals surface area contributed by atoms with Crippen LogP contribution in [0.4, 0.5) is 0 Å². The van der Waals surface area contributed by atoms with Gasteiger partial charge in [-0.2, -0.15) is 0 Å². The Balaban J connectivity index is 1.81. The Kier molecular flexibility index (Phi) is 4.00. The van der Waals surface area contributed by atoms with Gasteiger partial charge in [0.2, 0.25) is 12.2 Å². The number of benzene rings is 2. The first-order chi connectivity index (χ1) is 10.3. The topological polar surface area (TPSA) is 37.4 Å². The van der Waals surface area contributed by atoms with Crippen LogP contribution in [0.15, 0.2) is 42.5 Å². The molecule has 1 atom stereocenters. The monoisotopic (exact) mass is 280 g/mol. The van der Waals surface area contributed by atoms with Crippen molar-refractivity contribution in [3.63, 3.8) is 0 Å². The predicted octanol–water partition coefficient (Wildman–Crippen LogP) is 2.87. The van der Waals surface area contributed by atoms with E-state index in [-0.39, 0.29) is 5.91 Å². The predicted molar refractivity (Wildman–Crippen MR) is 82.7 cm³/mol. The maximum Gasteiger partial charge on any atom is 0.223 e. The van der Waals surface area contributed by atoms with Gasteiger partial charge < -0.3 is 4.90 Å². The number of rotatable bonds is 4. The van der Waals surface area contributed by atoms with E-state index in [1.807, 2.05) is 18.2 Å². The molecule has 0 bridgehead atoms. The van der Waals surface area contributed by atoms with Gasteiger partial charge in [0, 0.05) is 19.4 Å². The van der Waals surface area contributed by atoms with Crippen LogP contribution in [0.25, 0.3) is 10.8 Å². The standard InChI is InChI=1S/C18H18NO2/c20-13-17(19-10-4-3-7-18(19)21)12-14-8-9-15-5-1-2-6-16(15)11-14/h1-2,5-6,8-9,11,17H,3-4,7,10,12H2/t17-/m1/s1. The molecule has 107 valence electrons. The van der Waals surface area contributed by atoms with Gasteiger partial charge in [0.05, 0.1) is 0 Å². The highest BCUT2D eigenvalue weighted by Crippen LogP contribution is 2.19. The van der Waals surface area contributed by atoms with Crippen molar-refractivity contribution >= 4 is 23.0 Å². The molecule has 0 N–H and O–H groups in total. The van der Waals surface area contributed by atoms with Crippen LogP contribution in [0, 0.1) is 0 Å². The number of carbonyl (C=O) groups excluding carboxylic acids is 2. The molecule has 2 aromatic carbocycles. The number of piperidine rings is 1. The summed E-state index contributed by atoms with van der Waals surface area (Å²) in [7, 11) is 0. The van der Waals surface area contributed by atoms with Crippen LogP contribution >= 0.6 is 0 Å².